The van der Waals surface area contributed by atoms with Crippen LogP contribution in [0.2, 0.25) is 0 Å². The number of hydrogen-bond acceptors (Lipinski definition) is 2. The lowest BCUT2D eigenvalue weighted by Crippen LogP contribution is -2.08. The molecule has 0 saturated heterocycles. The maximum absolute atomic E-state index is 11.8. The lowest BCUT2D eigenvalue weighted by atomic mass is 9.90. The molecule has 0 aliphatic heterocycles. The van der Waals surface area contributed by atoms with Gasteiger partial charge in [-0.25, -0.2) is 0 Å². The van der Waals surface area contributed by atoms with Crippen LogP contribution in [-0.2, 0) is 0 Å². The van der Waals surface area contributed by atoms with E-state index in [1.807, 2.05) is 24.3 Å². The smallest absolute Gasteiger partial charge is 0.104 e. The average Bonchev–Trinajstić information content (AvgIpc) is 3.78. The predicted molar refractivity (Wildman–Crippen MR) is 246 cm³/mol. The van der Waals surface area contributed by atoms with Gasteiger partial charge in [0.2, 0.25) is 0 Å². The summed E-state index contributed by atoms with van der Waals surface area (Å²) in [7, 11) is 0. The number of hydrogen-bond donors (Lipinski definition) is 0. The molecule has 0 saturated carbocycles. The lowest BCUT2D eigenvalue weighted by Gasteiger charge is -2.22. The Bertz CT molecular complexity index is 2930. The molecule has 0 atom stereocenters. The minimum absolute atomic E-state index is 0.616. The summed E-state index contributed by atoms with van der Waals surface area (Å²) in [5.41, 5.74) is 30.0. The summed E-state index contributed by atoms with van der Waals surface area (Å²) in [5, 5.41) is 26.6. The maximum atomic E-state index is 11.8. The zero-order valence-electron chi connectivity index (χ0n) is 37.3. The molecule has 0 unspecified atom stereocenters. The summed E-state index contributed by atoms with van der Waals surface area (Å²) < 4.78 is 4.89. The van der Waals surface area contributed by atoms with E-state index in [1.165, 1.54) is 111 Å². The Morgan fingerprint density at radius 2 is 0.603 bits per heavy atom. The summed E-state index contributed by atoms with van der Waals surface area (Å²) in [4.78, 5) is 0. The first-order chi connectivity index (χ1) is 27.4. The van der Waals surface area contributed by atoms with Crippen LogP contribution in [0, 0.1) is 133 Å². The highest BCUT2D eigenvalue weighted by atomic mass is 15.0. The van der Waals surface area contributed by atoms with E-state index in [4.69, 9.17) is 0 Å². The normalized spacial score (nSPS) is 11.8. The van der Waals surface area contributed by atoms with E-state index in [-0.39, 0.29) is 0 Å². The van der Waals surface area contributed by atoms with Crippen molar-refractivity contribution in [3.05, 3.63) is 137 Å². The first kappa shape index (κ1) is 38.8. The van der Waals surface area contributed by atoms with Gasteiger partial charge in [0.25, 0.3) is 0 Å². The van der Waals surface area contributed by atoms with Gasteiger partial charge in [0.05, 0.1) is 45.1 Å². The second-order valence-electron chi connectivity index (χ2n) is 17.3. The molecule has 0 aliphatic rings. The fraction of sp³-hybridized carbons (Fsp3) is 0.296. The Hall–Kier alpha value is -6.10. The Morgan fingerprint density at radius 1 is 0.328 bits per heavy atom. The van der Waals surface area contributed by atoms with Gasteiger partial charge in [0, 0.05) is 21.5 Å². The average molecular weight is 759 g/mol. The quantitative estimate of drug-likeness (QED) is 0.180. The molecule has 2 heterocycles. The molecule has 0 radical (unpaired) electrons. The summed E-state index contributed by atoms with van der Waals surface area (Å²) >= 11 is 0. The summed E-state index contributed by atoms with van der Waals surface area (Å²) in [5.74, 6) is 0. The van der Waals surface area contributed by atoms with Crippen LogP contribution < -0.4 is 0 Å². The van der Waals surface area contributed by atoms with Crippen LogP contribution in [-0.4, -0.2) is 9.13 Å². The molecule has 0 bridgehead atoms. The minimum atomic E-state index is 0.616. The topological polar surface area (TPSA) is 57.4 Å². The molecule has 0 N–H and O–H groups in total. The zero-order valence-corrected chi connectivity index (χ0v) is 37.3. The number of nitrogens with zero attached hydrogens (tertiary/aromatic N) is 4. The second kappa shape index (κ2) is 13.2. The molecule has 8 rings (SSSR count). The highest BCUT2D eigenvalue weighted by Gasteiger charge is 2.30. The van der Waals surface area contributed by atoms with Crippen LogP contribution in [0.3, 0.4) is 0 Å². The molecule has 8 aromatic rings. The van der Waals surface area contributed by atoms with E-state index in [2.05, 4.69) is 144 Å². The van der Waals surface area contributed by atoms with Gasteiger partial charge < -0.3 is 9.13 Å². The summed E-state index contributed by atoms with van der Waals surface area (Å²) in [6.45, 7) is 36.0. The van der Waals surface area contributed by atoms with Crippen LogP contribution in [0.1, 0.15) is 100 Å². The van der Waals surface area contributed by atoms with Crippen molar-refractivity contribution in [2.45, 2.75) is 111 Å². The monoisotopic (exact) mass is 758 g/mol. The van der Waals surface area contributed by atoms with E-state index < -0.39 is 0 Å². The first-order valence-corrected chi connectivity index (χ1v) is 20.5. The van der Waals surface area contributed by atoms with Crippen molar-refractivity contribution in [1.29, 1.82) is 10.5 Å². The van der Waals surface area contributed by atoms with E-state index in [1.54, 1.807) is 0 Å². The van der Waals surface area contributed by atoms with E-state index in [0.717, 1.165) is 44.6 Å². The first-order valence-electron chi connectivity index (χ1n) is 20.5. The number of fused-ring (bicyclic) bond motifs is 6. The molecule has 6 aromatic carbocycles. The number of rotatable bonds is 3. The number of benzene rings is 6. The molecular weight excluding hydrogens is 705 g/mol. The van der Waals surface area contributed by atoms with Gasteiger partial charge in [0.1, 0.15) is 11.6 Å². The Kier molecular flexibility index (Phi) is 8.84. The van der Waals surface area contributed by atoms with Crippen molar-refractivity contribution in [2.75, 3.05) is 0 Å². The van der Waals surface area contributed by atoms with Crippen molar-refractivity contribution >= 4 is 43.6 Å². The largest absolute Gasteiger partial charge is 0.307 e. The molecule has 0 fully saturated rings. The molecule has 0 aliphatic carbocycles. The Labute approximate surface area is 344 Å². The van der Waals surface area contributed by atoms with Gasteiger partial charge in [-0.3, -0.25) is 0 Å². The highest BCUT2D eigenvalue weighted by Crippen LogP contribution is 2.48. The number of aryl methyl sites for hydroxylation is 8. The fourth-order valence-corrected chi connectivity index (χ4v) is 10.2. The van der Waals surface area contributed by atoms with Crippen LogP contribution >= 0.6 is 0 Å². The molecule has 58 heavy (non-hydrogen) atoms. The van der Waals surface area contributed by atoms with Crippen molar-refractivity contribution in [3.8, 4) is 34.6 Å². The zero-order chi connectivity index (χ0) is 42.1. The Morgan fingerprint density at radius 3 is 0.862 bits per heavy atom. The standard InChI is InChI=1S/C54H54N4/c1-25-29(5)37(13)51-47(33(25)9)48-34(10)26(2)30(6)38(14)52(48)57(51)45-21-43(42-19-17-41(23-55)18-20-42)22-46(44(45)24-56)58-53-39(15)31(7)27(3)35(11)49(53)50-36(12)28(4)32(8)40(16)54(50)58/h17-22H,1-16H3. The van der Waals surface area contributed by atoms with Crippen molar-refractivity contribution in [3.63, 3.8) is 0 Å². The maximum Gasteiger partial charge on any atom is 0.104 e. The van der Waals surface area contributed by atoms with Gasteiger partial charge in [0.15, 0.2) is 0 Å². The Balaban J connectivity index is 1.72. The van der Waals surface area contributed by atoms with Crippen LogP contribution in [0.15, 0.2) is 36.4 Å². The van der Waals surface area contributed by atoms with Crippen LogP contribution in [0.5, 0.6) is 0 Å². The van der Waals surface area contributed by atoms with Crippen molar-refractivity contribution in [2.24, 2.45) is 0 Å². The number of aromatic nitrogens is 2. The molecule has 2 aromatic heterocycles. The third-order valence-electron chi connectivity index (χ3n) is 15.1. The van der Waals surface area contributed by atoms with E-state index in [9.17, 15) is 10.5 Å². The third kappa shape index (κ3) is 4.91. The summed E-state index contributed by atoms with van der Waals surface area (Å²) in [6.07, 6.45) is 0. The minimum Gasteiger partial charge on any atom is -0.307 e. The molecule has 4 heteroatoms. The van der Waals surface area contributed by atoms with Gasteiger partial charge >= 0.3 is 0 Å². The number of nitriles is 2. The van der Waals surface area contributed by atoms with Gasteiger partial charge in [-0.2, -0.15) is 10.5 Å². The van der Waals surface area contributed by atoms with Crippen LogP contribution in [0.4, 0.5) is 0 Å². The lowest BCUT2D eigenvalue weighted by molar-refractivity contribution is 1.08. The molecule has 0 spiro atoms. The van der Waals surface area contributed by atoms with Crippen LogP contribution in [0.25, 0.3) is 66.1 Å². The molecule has 4 nitrogen and oxygen atoms in total. The van der Waals surface area contributed by atoms with Crippen molar-refractivity contribution < 1.29 is 0 Å². The summed E-state index contributed by atoms with van der Waals surface area (Å²) in [6, 6.07) is 17.5. The van der Waals surface area contributed by atoms with Gasteiger partial charge in [-0.15, -0.1) is 0 Å². The second-order valence-corrected chi connectivity index (χ2v) is 17.3. The molecule has 0 amide bonds. The van der Waals surface area contributed by atoms with Gasteiger partial charge in [-0.1, -0.05) is 12.1 Å². The van der Waals surface area contributed by atoms with Crippen molar-refractivity contribution in [1.82, 2.24) is 9.13 Å². The van der Waals surface area contributed by atoms with Gasteiger partial charge in [-0.05, 0) is 235 Å². The van der Waals surface area contributed by atoms with E-state index >= 15 is 0 Å². The predicted octanol–water partition coefficient (Wildman–Crippen LogP) is 14.2. The SMILES string of the molecule is Cc1c(C)c(C)c2c(c1C)c1c(C)c(C)c(C)c(C)c1n2-c1cc(-c2ccc(C#N)cc2)cc(-n2c3c(C)c(C)c(C)c(C)c3c3c(C)c(C)c(C)c(C)c32)c1C#N. The van der Waals surface area contributed by atoms with E-state index in [0.29, 0.717) is 11.1 Å². The third-order valence-corrected chi connectivity index (χ3v) is 15.1. The molecule has 290 valence electrons. The highest BCUT2D eigenvalue weighted by molar-refractivity contribution is 6.17. The fourth-order valence-electron chi connectivity index (χ4n) is 10.2. The molecular formula is C54H54N4.